The Morgan fingerprint density at radius 2 is 1.88 bits per heavy atom. The molecule has 0 radical (unpaired) electrons. The van der Waals surface area contributed by atoms with Crippen LogP contribution in [-0.2, 0) is 26.2 Å². The first-order valence-corrected chi connectivity index (χ1v) is 14.0. The number of sulfonamides is 1. The maximum absolute atomic E-state index is 13.5. The highest BCUT2D eigenvalue weighted by molar-refractivity contribution is 9.10. The Morgan fingerprint density at radius 3 is 2.47 bits per heavy atom. The molecule has 0 saturated carbocycles. The first-order chi connectivity index (χ1) is 15.9. The molecule has 0 bridgehead atoms. The molecule has 0 aromatic heterocycles. The third-order valence-electron chi connectivity index (χ3n) is 5.35. The summed E-state index contributed by atoms with van der Waals surface area (Å²) in [7, 11) is -3.77. The van der Waals surface area contributed by atoms with Crippen LogP contribution in [0.3, 0.4) is 0 Å². The molecule has 2 aromatic carbocycles. The first-order valence-electron chi connectivity index (χ1n) is 11.0. The average molecular weight is 573 g/mol. The number of amides is 2. The summed E-state index contributed by atoms with van der Waals surface area (Å²) < 4.78 is 27.1. The molecule has 0 heterocycles. The smallest absolute Gasteiger partial charge is 0.244 e. The predicted octanol–water partition coefficient (Wildman–Crippen LogP) is 4.51. The number of halogens is 2. The van der Waals surface area contributed by atoms with Gasteiger partial charge in [0.2, 0.25) is 21.8 Å². The molecular formula is C24H31BrClN3O4S. The molecule has 2 amide bonds. The van der Waals surface area contributed by atoms with Gasteiger partial charge in [-0.05, 0) is 61.7 Å². The van der Waals surface area contributed by atoms with Crippen molar-refractivity contribution in [1.29, 1.82) is 0 Å². The lowest BCUT2D eigenvalue weighted by Gasteiger charge is -2.31. The van der Waals surface area contributed by atoms with E-state index in [0.29, 0.717) is 17.3 Å². The molecule has 1 atom stereocenters. The summed E-state index contributed by atoms with van der Waals surface area (Å²) in [5.74, 6) is -0.793. The van der Waals surface area contributed by atoms with Gasteiger partial charge in [-0.2, -0.15) is 0 Å². The average Bonchev–Trinajstić information content (AvgIpc) is 2.76. The van der Waals surface area contributed by atoms with Gasteiger partial charge in [-0.25, -0.2) is 8.42 Å². The number of aryl methyl sites for hydroxylation is 1. The third kappa shape index (κ3) is 7.99. The molecule has 0 aliphatic heterocycles. The van der Waals surface area contributed by atoms with E-state index in [0.717, 1.165) is 39.0 Å². The standard InChI is InChI=1S/C24H31BrClN3O4S/c1-5-6-12-27-24(31)18(3)28(15-19-8-7-9-20(26)14-19)23(30)16-29(34(4,32)33)21-10-11-22(25)17(2)13-21/h7-11,13-14,18H,5-6,12,15-16H2,1-4H3,(H,27,31). The largest absolute Gasteiger partial charge is 0.354 e. The van der Waals surface area contributed by atoms with E-state index < -0.39 is 28.5 Å². The predicted molar refractivity (Wildman–Crippen MR) is 140 cm³/mol. The molecule has 0 fully saturated rings. The molecular weight excluding hydrogens is 542 g/mol. The Hall–Kier alpha value is -2.10. The number of rotatable bonds is 11. The molecule has 1 unspecified atom stereocenters. The molecule has 0 spiro atoms. The monoisotopic (exact) mass is 571 g/mol. The molecule has 0 saturated heterocycles. The number of benzene rings is 2. The van der Waals surface area contributed by atoms with Gasteiger partial charge in [0.1, 0.15) is 12.6 Å². The highest BCUT2D eigenvalue weighted by Gasteiger charge is 2.30. The number of anilines is 1. The Bertz CT molecular complexity index is 1130. The van der Waals surface area contributed by atoms with Crippen molar-refractivity contribution < 1.29 is 18.0 Å². The van der Waals surface area contributed by atoms with Crippen LogP contribution in [0.25, 0.3) is 0 Å². The van der Waals surface area contributed by atoms with Gasteiger partial charge in [0.15, 0.2) is 0 Å². The van der Waals surface area contributed by atoms with E-state index in [-0.39, 0.29) is 12.5 Å². The Labute approximate surface area is 215 Å². The van der Waals surface area contributed by atoms with Crippen molar-refractivity contribution in [3.05, 3.63) is 63.1 Å². The van der Waals surface area contributed by atoms with Crippen molar-refractivity contribution in [2.75, 3.05) is 23.7 Å². The minimum Gasteiger partial charge on any atom is -0.354 e. The number of nitrogens with zero attached hydrogens (tertiary/aromatic N) is 2. The fourth-order valence-electron chi connectivity index (χ4n) is 3.35. The summed E-state index contributed by atoms with van der Waals surface area (Å²) in [5, 5.41) is 3.36. The minimum absolute atomic E-state index is 0.110. The fourth-order valence-corrected chi connectivity index (χ4v) is 4.65. The van der Waals surface area contributed by atoms with Gasteiger partial charge in [-0.3, -0.25) is 13.9 Å². The number of carbonyl (C=O) groups is 2. The zero-order chi connectivity index (χ0) is 25.5. The molecule has 2 rings (SSSR count). The van der Waals surface area contributed by atoms with Crippen LogP contribution < -0.4 is 9.62 Å². The quantitative estimate of drug-likeness (QED) is 0.402. The Kier molecular flexibility index (Phi) is 10.4. The summed E-state index contributed by atoms with van der Waals surface area (Å²) >= 11 is 9.52. The van der Waals surface area contributed by atoms with Crippen molar-refractivity contribution in [2.45, 2.75) is 46.2 Å². The van der Waals surface area contributed by atoms with Gasteiger partial charge in [-0.1, -0.05) is 53.0 Å². The van der Waals surface area contributed by atoms with Gasteiger partial charge >= 0.3 is 0 Å². The third-order valence-corrected chi connectivity index (χ3v) is 7.61. The molecule has 10 heteroatoms. The number of unbranched alkanes of at least 4 members (excludes halogenated alkanes) is 1. The number of nitrogens with one attached hydrogen (secondary N) is 1. The second kappa shape index (κ2) is 12.6. The summed E-state index contributed by atoms with van der Waals surface area (Å²) in [4.78, 5) is 27.7. The number of hydrogen-bond acceptors (Lipinski definition) is 4. The zero-order valence-electron chi connectivity index (χ0n) is 19.8. The highest BCUT2D eigenvalue weighted by atomic mass is 79.9. The molecule has 7 nitrogen and oxygen atoms in total. The fraction of sp³-hybridized carbons (Fsp3) is 0.417. The van der Waals surface area contributed by atoms with E-state index >= 15 is 0 Å². The van der Waals surface area contributed by atoms with Crippen LogP contribution in [-0.4, -0.2) is 50.5 Å². The van der Waals surface area contributed by atoms with E-state index in [1.165, 1.54) is 4.90 Å². The lowest BCUT2D eigenvalue weighted by Crippen LogP contribution is -2.51. The van der Waals surface area contributed by atoms with E-state index in [1.54, 1.807) is 49.4 Å². The summed E-state index contributed by atoms with van der Waals surface area (Å²) in [6.45, 7) is 5.68. The Morgan fingerprint density at radius 1 is 1.18 bits per heavy atom. The molecule has 2 aromatic rings. The topological polar surface area (TPSA) is 86.8 Å². The molecule has 186 valence electrons. The van der Waals surface area contributed by atoms with E-state index in [1.807, 2.05) is 13.8 Å². The van der Waals surface area contributed by atoms with E-state index in [2.05, 4.69) is 21.2 Å². The van der Waals surface area contributed by atoms with Crippen molar-refractivity contribution in [1.82, 2.24) is 10.2 Å². The SMILES string of the molecule is CCCCNC(=O)C(C)N(Cc1cccc(Cl)c1)C(=O)CN(c1ccc(Br)c(C)c1)S(C)(=O)=O. The zero-order valence-corrected chi connectivity index (χ0v) is 23.0. The van der Waals surface area contributed by atoms with Gasteiger partial charge in [0.25, 0.3) is 0 Å². The molecule has 1 N–H and O–H groups in total. The maximum Gasteiger partial charge on any atom is 0.244 e. The lowest BCUT2D eigenvalue weighted by atomic mass is 10.1. The van der Waals surface area contributed by atoms with Crippen LogP contribution in [0.5, 0.6) is 0 Å². The normalized spacial score (nSPS) is 12.2. The van der Waals surface area contributed by atoms with Crippen LogP contribution in [0.15, 0.2) is 46.9 Å². The van der Waals surface area contributed by atoms with Crippen molar-refractivity contribution in [3.8, 4) is 0 Å². The summed E-state index contributed by atoms with van der Waals surface area (Å²) in [6, 6.07) is 11.3. The van der Waals surface area contributed by atoms with Crippen LogP contribution in [0, 0.1) is 6.92 Å². The van der Waals surface area contributed by atoms with Crippen molar-refractivity contribution in [2.24, 2.45) is 0 Å². The van der Waals surface area contributed by atoms with Gasteiger partial charge in [-0.15, -0.1) is 0 Å². The van der Waals surface area contributed by atoms with Gasteiger partial charge in [0, 0.05) is 22.6 Å². The molecule has 0 aliphatic rings. The summed E-state index contributed by atoms with van der Waals surface area (Å²) in [6.07, 6.45) is 2.81. The molecule has 0 aliphatic carbocycles. The van der Waals surface area contributed by atoms with Gasteiger partial charge < -0.3 is 10.2 Å². The first kappa shape index (κ1) is 28.1. The Balaban J connectivity index is 2.37. The van der Waals surface area contributed by atoms with Crippen molar-refractivity contribution in [3.63, 3.8) is 0 Å². The number of carbonyl (C=O) groups excluding carboxylic acids is 2. The second-order valence-electron chi connectivity index (χ2n) is 8.18. The second-order valence-corrected chi connectivity index (χ2v) is 11.4. The van der Waals surface area contributed by atoms with E-state index in [4.69, 9.17) is 11.6 Å². The molecule has 34 heavy (non-hydrogen) atoms. The van der Waals surface area contributed by atoms with Crippen LogP contribution in [0.1, 0.15) is 37.8 Å². The highest BCUT2D eigenvalue weighted by Crippen LogP contribution is 2.25. The van der Waals surface area contributed by atoms with Gasteiger partial charge in [0.05, 0.1) is 11.9 Å². The summed E-state index contributed by atoms with van der Waals surface area (Å²) in [5.41, 5.74) is 1.94. The lowest BCUT2D eigenvalue weighted by molar-refractivity contribution is -0.139. The van der Waals surface area contributed by atoms with Crippen molar-refractivity contribution >= 4 is 55.1 Å². The van der Waals surface area contributed by atoms with Crippen LogP contribution >= 0.6 is 27.5 Å². The van der Waals surface area contributed by atoms with Crippen LogP contribution in [0.2, 0.25) is 5.02 Å². The maximum atomic E-state index is 13.5. The number of hydrogen-bond donors (Lipinski definition) is 1. The van der Waals surface area contributed by atoms with E-state index in [9.17, 15) is 18.0 Å². The van der Waals surface area contributed by atoms with Crippen LogP contribution in [0.4, 0.5) is 5.69 Å². The minimum atomic E-state index is -3.77.